The van der Waals surface area contributed by atoms with E-state index >= 15 is 0 Å². The van der Waals surface area contributed by atoms with Crippen LogP contribution in [0.15, 0.2) is 18.2 Å². The Hall–Kier alpha value is -1.20. The van der Waals surface area contributed by atoms with Gasteiger partial charge in [-0.15, -0.1) is 0 Å². The van der Waals surface area contributed by atoms with Crippen molar-refractivity contribution in [1.29, 1.82) is 0 Å². The molecule has 0 saturated heterocycles. The van der Waals surface area contributed by atoms with Crippen LogP contribution in [0.5, 0.6) is 0 Å². The van der Waals surface area contributed by atoms with E-state index in [0.29, 0.717) is 5.69 Å². The summed E-state index contributed by atoms with van der Waals surface area (Å²) < 4.78 is 13.8. The molecule has 1 aromatic rings. The highest BCUT2D eigenvalue weighted by molar-refractivity contribution is 7.80. The van der Waals surface area contributed by atoms with E-state index in [9.17, 15) is 9.50 Å². The summed E-state index contributed by atoms with van der Waals surface area (Å²) in [4.78, 5) is 0.0312. The Morgan fingerprint density at radius 1 is 1.32 bits per heavy atom. The number of aliphatic hydroxyl groups is 1. The molecule has 2 atom stereocenters. The maximum absolute atomic E-state index is 13.8. The number of nitrogens with two attached hydrogens (primary N) is 1. The van der Waals surface area contributed by atoms with Gasteiger partial charge in [-0.2, -0.15) is 0 Å². The first-order valence-electron chi connectivity index (χ1n) is 6.62. The Labute approximate surface area is 118 Å². The molecule has 1 aliphatic carbocycles. The lowest BCUT2D eigenvalue weighted by Gasteiger charge is -2.24. The molecule has 1 aromatic carbocycles. The van der Waals surface area contributed by atoms with E-state index in [-0.39, 0.29) is 16.6 Å². The minimum atomic E-state index is -0.430. The number of nitrogens with one attached hydrogen (secondary N) is 1. The number of thiocarbonyl (C=S) groups is 1. The largest absolute Gasteiger partial charge is 0.391 e. The van der Waals surface area contributed by atoms with Gasteiger partial charge in [0.2, 0.25) is 0 Å². The van der Waals surface area contributed by atoms with E-state index in [1.807, 2.05) is 0 Å². The molecular formula is C14H19FN2OS. The van der Waals surface area contributed by atoms with Crippen molar-refractivity contribution in [3.05, 3.63) is 29.6 Å². The molecule has 0 radical (unpaired) electrons. The van der Waals surface area contributed by atoms with Crippen molar-refractivity contribution >= 4 is 22.9 Å². The first kappa shape index (κ1) is 14.2. The average molecular weight is 282 g/mol. The van der Waals surface area contributed by atoms with Crippen LogP contribution in [0.4, 0.5) is 10.1 Å². The van der Waals surface area contributed by atoms with Gasteiger partial charge in [-0.1, -0.05) is 37.5 Å². The molecule has 5 heteroatoms. The molecule has 19 heavy (non-hydrogen) atoms. The summed E-state index contributed by atoms with van der Waals surface area (Å²) in [5.74, 6) is -0.430. The first-order chi connectivity index (χ1) is 9.09. The van der Waals surface area contributed by atoms with Crippen molar-refractivity contribution in [3.63, 3.8) is 0 Å². The fraction of sp³-hybridized carbons (Fsp3) is 0.500. The monoisotopic (exact) mass is 282 g/mol. The number of hydrogen-bond acceptors (Lipinski definition) is 3. The second kappa shape index (κ2) is 6.30. The zero-order chi connectivity index (χ0) is 13.8. The molecule has 1 saturated carbocycles. The molecule has 104 valence electrons. The Bertz CT molecular complexity index is 467. The predicted octanol–water partition coefficient (Wildman–Crippen LogP) is 2.57. The summed E-state index contributed by atoms with van der Waals surface area (Å²) in [6.45, 7) is 0. The van der Waals surface area contributed by atoms with Crippen LogP contribution in [-0.4, -0.2) is 22.2 Å². The summed E-state index contributed by atoms with van der Waals surface area (Å²) in [6.07, 6.45) is 4.45. The van der Waals surface area contributed by atoms with Gasteiger partial charge in [-0.3, -0.25) is 0 Å². The quantitative estimate of drug-likeness (QED) is 0.589. The van der Waals surface area contributed by atoms with Crippen molar-refractivity contribution in [2.24, 2.45) is 5.73 Å². The van der Waals surface area contributed by atoms with Crippen molar-refractivity contribution in [2.45, 2.75) is 44.2 Å². The van der Waals surface area contributed by atoms with Gasteiger partial charge in [-0.25, -0.2) is 4.39 Å². The van der Waals surface area contributed by atoms with Gasteiger partial charge < -0.3 is 16.2 Å². The molecule has 0 aliphatic heterocycles. The zero-order valence-electron chi connectivity index (χ0n) is 10.7. The lowest BCUT2D eigenvalue weighted by Crippen LogP contribution is -2.33. The summed E-state index contributed by atoms with van der Waals surface area (Å²) in [5, 5.41) is 13.3. The molecule has 1 aliphatic rings. The third-order valence-corrected chi connectivity index (χ3v) is 3.78. The van der Waals surface area contributed by atoms with Crippen LogP contribution in [-0.2, 0) is 0 Å². The standard InChI is InChI=1S/C14H19FN2OS/c15-9-5-4-7-11(13(9)14(16)19)17-10-6-2-1-3-8-12(10)18/h4-5,7,10,12,17-18H,1-3,6,8H2,(H2,16,19). The van der Waals surface area contributed by atoms with E-state index in [1.165, 1.54) is 6.07 Å². The molecule has 0 aromatic heterocycles. The van der Waals surface area contributed by atoms with Crippen molar-refractivity contribution in [2.75, 3.05) is 5.32 Å². The topological polar surface area (TPSA) is 58.3 Å². The van der Waals surface area contributed by atoms with Crippen molar-refractivity contribution < 1.29 is 9.50 Å². The van der Waals surface area contributed by atoms with Crippen LogP contribution in [0.2, 0.25) is 0 Å². The van der Waals surface area contributed by atoms with E-state index in [2.05, 4.69) is 5.32 Å². The summed E-state index contributed by atoms with van der Waals surface area (Å²) in [6, 6.07) is 4.62. The highest BCUT2D eigenvalue weighted by atomic mass is 32.1. The van der Waals surface area contributed by atoms with Gasteiger partial charge in [-0.05, 0) is 25.0 Å². The van der Waals surface area contributed by atoms with E-state index < -0.39 is 11.9 Å². The maximum Gasteiger partial charge on any atom is 0.135 e. The molecule has 0 amide bonds. The number of hydrogen-bond donors (Lipinski definition) is 3. The van der Waals surface area contributed by atoms with Crippen LogP contribution in [0.25, 0.3) is 0 Å². The average Bonchev–Trinajstić information content (AvgIpc) is 2.54. The van der Waals surface area contributed by atoms with Crippen LogP contribution in [0.1, 0.15) is 37.7 Å². The van der Waals surface area contributed by atoms with Gasteiger partial charge in [0.05, 0.1) is 17.7 Å². The molecule has 0 spiro atoms. The Morgan fingerprint density at radius 2 is 2.05 bits per heavy atom. The molecule has 2 rings (SSSR count). The molecular weight excluding hydrogens is 263 g/mol. The second-order valence-corrected chi connectivity index (χ2v) is 5.42. The van der Waals surface area contributed by atoms with E-state index in [0.717, 1.165) is 32.1 Å². The fourth-order valence-electron chi connectivity index (χ4n) is 2.55. The summed E-state index contributed by atoms with van der Waals surface area (Å²) >= 11 is 4.90. The zero-order valence-corrected chi connectivity index (χ0v) is 11.5. The van der Waals surface area contributed by atoms with Gasteiger partial charge in [0.25, 0.3) is 0 Å². The molecule has 4 N–H and O–H groups in total. The summed E-state index contributed by atoms with van der Waals surface area (Å²) in [7, 11) is 0. The third-order valence-electron chi connectivity index (χ3n) is 3.58. The number of halogens is 1. The third kappa shape index (κ3) is 3.42. The predicted molar refractivity (Wildman–Crippen MR) is 78.8 cm³/mol. The minimum absolute atomic E-state index is 0.0312. The van der Waals surface area contributed by atoms with Crippen molar-refractivity contribution in [1.82, 2.24) is 0 Å². The second-order valence-electron chi connectivity index (χ2n) is 4.98. The first-order valence-corrected chi connectivity index (χ1v) is 7.03. The van der Waals surface area contributed by atoms with E-state index in [4.69, 9.17) is 18.0 Å². The minimum Gasteiger partial charge on any atom is -0.391 e. The molecule has 0 heterocycles. The van der Waals surface area contributed by atoms with E-state index in [1.54, 1.807) is 12.1 Å². The number of rotatable bonds is 3. The fourth-order valence-corrected chi connectivity index (χ4v) is 2.76. The Balaban J connectivity index is 2.22. The molecule has 0 bridgehead atoms. The Morgan fingerprint density at radius 3 is 2.79 bits per heavy atom. The van der Waals surface area contributed by atoms with Crippen molar-refractivity contribution in [3.8, 4) is 0 Å². The lowest BCUT2D eigenvalue weighted by atomic mass is 10.0. The summed E-state index contributed by atoms with van der Waals surface area (Å²) in [5.41, 5.74) is 6.37. The van der Waals surface area contributed by atoms with Crippen LogP contribution >= 0.6 is 12.2 Å². The number of benzene rings is 1. The van der Waals surface area contributed by atoms with Crippen LogP contribution in [0, 0.1) is 5.82 Å². The highest BCUT2D eigenvalue weighted by Gasteiger charge is 2.23. The normalized spacial score (nSPS) is 23.7. The van der Waals surface area contributed by atoms with Gasteiger partial charge in [0, 0.05) is 5.69 Å². The molecule has 2 unspecified atom stereocenters. The molecule has 3 nitrogen and oxygen atoms in total. The van der Waals surface area contributed by atoms with Gasteiger partial charge in [0.1, 0.15) is 10.8 Å². The van der Waals surface area contributed by atoms with Gasteiger partial charge in [0.15, 0.2) is 0 Å². The van der Waals surface area contributed by atoms with Crippen LogP contribution < -0.4 is 11.1 Å². The SMILES string of the molecule is NC(=S)c1c(F)cccc1NC1CCCCCC1O. The number of aliphatic hydroxyl groups excluding tert-OH is 1. The highest BCUT2D eigenvalue weighted by Crippen LogP contribution is 2.25. The smallest absolute Gasteiger partial charge is 0.135 e. The Kier molecular flexibility index (Phi) is 4.71. The maximum atomic E-state index is 13.8. The van der Waals surface area contributed by atoms with Gasteiger partial charge >= 0.3 is 0 Å². The van der Waals surface area contributed by atoms with Crippen LogP contribution in [0.3, 0.4) is 0 Å². The molecule has 1 fully saturated rings. The lowest BCUT2D eigenvalue weighted by molar-refractivity contribution is 0.144. The number of anilines is 1.